The third-order valence-electron chi connectivity index (χ3n) is 7.58. The van der Waals surface area contributed by atoms with Gasteiger partial charge in [0, 0.05) is 25.0 Å². The molecule has 2 saturated heterocycles. The molecule has 2 aromatic heterocycles. The van der Waals surface area contributed by atoms with Gasteiger partial charge in [0.25, 0.3) is 0 Å². The maximum absolute atomic E-state index is 11.7. The Bertz CT molecular complexity index is 1080. The average Bonchev–Trinajstić information content (AvgIpc) is 3.43. The second-order valence-corrected chi connectivity index (χ2v) is 10.8. The molecule has 0 unspecified atom stereocenters. The van der Waals surface area contributed by atoms with Crippen molar-refractivity contribution in [2.45, 2.75) is 103 Å². The Labute approximate surface area is 211 Å². The van der Waals surface area contributed by atoms with Crippen LogP contribution in [0.5, 0.6) is 0 Å². The van der Waals surface area contributed by atoms with E-state index in [1.54, 1.807) is 6.33 Å². The molecule has 4 heterocycles. The van der Waals surface area contributed by atoms with Crippen LogP contribution in [0.15, 0.2) is 12.7 Å². The predicted octanol–water partition coefficient (Wildman–Crippen LogP) is 2.66. The van der Waals surface area contributed by atoms with E-state index in [4.69, 9.17) is 24.7 Å². The molecule has 36 heavy (non-hydrogen) atoms. The fourth-order valence-corrected chi connectivity index (χ4v) is 5.84. The Morgan fingerprint density at radius 1 is 1.25 bits per heavy atom. The lowest BCUT2D eigenvalue weighted by atomic mass is 9.76. The molecule has 11 heteroatoms. The number of imidazole rings is 1. The van der Waals surface area contributed by atoms with E-state index in [1.165, 1.54) is 6.33 Å². The van der Waals surface area contributed by atoms with Crippen molar-refractivity contribution >= 4 is 23.0 Å². The summed E-state index contributed by atoms with van der Waals surface area (Å²) in [5.41, 5.74) is 7.17. The lowest BCUT2D eigenvalue weighted by Gasteiger charge is -2.46. The van der Waals surface area contributed by atoms with Crippen molar-refractivity contribution in [2.75, 3.05) is 18.9 Å². The van der Waals surface area contributed by atoms with Crippen molar-refractivity contribution in [1.82, 2.24) is 24.4 Å². The molecule has 5 rings (SSSR count). The van der Waals surface area contributed by atoms with Crippen molar-refractivity contribution in [3.8, 4) is 0 Å². The zero-order valence-corrected chi connectivity index (χ0v) is 21.8. The zero-order chi connectivity index (χ0) is 25.6. The lowest BCUT2D eigenvalue weighted by Crippen LogP contribution is -2.52. The molecule has 0 amide bonds. The van der Waals surface area contributed by atoms with Crippen LogP contribution in [-0.4, -0.2) is 79.7 Å². The topological polar surface area (TPSA) is 127 Å². The zero-order valence-electron chi connectivity index (χ0n) is 21.8. The maximum Gasteiger partial charge on any atom is 0.305 e. The number of nitrogens with zero attached hydrogens (tertiary/aromatic N) is 5. The van der Waals surface area contributed by atoms with Crippen LogP contribution in [0.4, 0.5) is 5.82 Å². The van der Waals surface area contributed by atoms with Gasteiger partial charge in [-0.05, 0) is 59.8 Å². The van der Waals surface area contributed by atoms with Gasteiger partial charge in [0.2, 0.25) is 0 Å². The van der Waals surface area contributed by atoms with Gasteiger partial charge >= 0.3 is 5.97 Å². The van der Waals surface area contributed by atoms with E-state index in [0.29, 0.717) is 48.0 Å². The second-order valence-electron chi connectivity index (χ2n) is 10.8. The van der Waals surface area contributed by atoms with Crippen LogP contribution < -0.4 is 5.73 Å². The molecular formula is C25H38N6O5. The van der Waals surface area contributed by atoms with Gasteiger partial charge < -0.3 is 24.7 Å². The lowest BCUT2D eigenvalue weighted by molar-refractivity contribution is -0.199. The molecule has 3 fully saturated rings. The Balaban J connectivity index is 1.29. The quantitative estimate of drug-likeness (QED) is 0.511. The minimum absolute atomic E-state index is 0.0989. The summed E-state index contributed by atoms with van der Waals surface area (Å²) >= 11 is 0. The summed E-state index contributed by atoms with van der Waals surface area (Å²) in [4.78, 5) is 27.1. The number of fused-ring (bicyclic) bond motifs is 2. The predicted molar refractivity (Wildman–Crippen MR) is 132 cm³/mol. The van der Waals surface area contributed by atoms with Gasteiger partial charge in [-0.1, -0.05) is 0 Å². The molecule has 2 N–H and O–H groups in total. The third-order valence-corrected chi connectivity index (χ3v) is 7.58. The number of rotatable bonds is 9. The first-order chi connectivity index (χ1) is 17.2. The van der Waals surface area contributed by atoms with Gasteiger partial charge in [-0.3, -0.25) is 14.3 Å². The highest BCUT2D eigenvalue weighted by Crippen LogP contribution is 2.45. The summed E-state index contributed by atoms with van der Waals surface area (Å²) < 4.78 is 26.2. The SMILES string of the molecule is CCOC(=O)CC[C@H]1C[C@@H](N(C[C@H]2O[C@@H](n3cnc4c(N)ncnc43)[C@@H]3OC(C)(C)O[C@@H]32)C(C)C)C1. The van der Waals surface area contributed by atoms with Gasteiger partial charge in [0.15, 0.2) is 23.5 Å². The molecule has 0 radical (unpaired) electrons. The number of carbonyl (C=O) groups is 1. The summed E-state index contributed by atoms with van der Waals surface area (Å²) in [7, 11) is 0. The standard InChI is InChI=1S/C25H38N6O5/c1-6-33-18(32)8-7-15-9-16(10-15)30(14(2)3)11-17-20-21(36-25(4,5)35-20)24(34-17)31-13-29-19-22(26)27-12-28-23(19)31/h12-17,20-21,24H,6-11H2,1-5H3,(H2,26,27,28)/t15-,16+,17-,20-,21-,24-/m1/s1. The largest absolute Gasteiger partial charge is 0.466 e. The second kappa shape index (κ2) is 9.85. The van der Waals surface area contributed by atoms with Crippen LogP contribution in [-0.2, 0) is 23.7 Å². The minimum Gasteiger partial charge on any atom is -0.466 e. The molecule has 0 bridgehead atoms. The molecule has 2 aromatic rings. The van der Waals surface area contributed by atoms with E-state index in [9.17, 15) is 4.79 Å². The number of ether oxygens (including phenoxy) is 4. The van der Waals surface area contributed by atoms with E-state index < -0.39 is 12.0 Å². The molecule has 0 spiro atoms. The van der Waals surface area contributed by atoms with Crippen LogP contribution in [0.2, 0.25) is 0 Å². The van der Waals surface area contributed by atoms with Crippen LogP contribution in [0.3, 0.4) is 0 Å². The van der Waals surface area contributed by atoms with Crippen molar-refractivity contribution in [1.29, 1.82) is 0 Å². The smallest absolute Gasteiger partial charge is 0.305 e. The van der Waals surface area contributed by atoms with Gasteiger partial charge in [-0.15, -0.1) is 0 Å². The van der Waals surface area contributed by atoms with E-state index in [1.807, 2.05) is 25.3 Å². The number of aromatic nitrogens is 4. The first-order valence-electron chi connectivity index (χ1n) is 13.0. The number of nitrogen functional groups attached to an aromatic ring is 1. The van der Waals surface area contributed by atoms with Crippen molar-refractivity contribution in [3.05, 3.63) is 12.7 Å². The van der Waals surface area contributed by atoms with E-state index in [0.717, 1.165) is 25.8 Å². The molecule has 198 valence electrons. The van der Waals surface area contributed by atoms with Crippen LogP contribution in [0, 0.1) is 5.92 Å². The summed E-state index contributed by atoms with van der Waals surface area (Å²) in [6.07, 6.45) is 5.52. The molecule has 1 aliphatic carbocycles. The van der Waals surface area contributed by atoms with Crippen LogP contribution in [0.25, 0.3) is 11.2 Å². The Morgan fingerprint density at radius 2 is 2.00 bits per heavy atom. The highest BCUT2D eigenvalue weighted by Gasteiger charge is 2.56. The van der Waals surface area contributed by atoms with Gasteiger partial charge in [0.1, 0.15) is 30.2 Å². The van der Waals surface area contributed by atoms with Crippen molar-refractivity contribution in [2.24, 2.45) is 5.92 Å². The number of hydrogen-bond donors (Lipinski definition) is 1. The molecule has 11 nitrogen and oxygen atoms in total. The minimum atomic E-state index is -0.711. The number of esters is 1. The van der Waals surface area contributed by atoms with E-state index >= 15 is 0 Å². The highest BCUT2D eigenvalue weighted by atomic mass is 16.8. The molecule has 4 atom stereocenters. The summed E-state index contributed by atoms with van der Waals surface area (Å²) in [6, 6.07) is 0.800. The summed E-state index contributed by atoms with van der Waals surface area (Å²) in [5.74, 6) is 0.0793. The number of carbonyl (C=O) groups excluding carboxylic acids is 1. The number of nitrogens with two attached hydrogens (primary N) is 1. The number of hydrogen-bond acceptors (Lipinski definition) is 10. The molecule has 0 aromatic carbocycles. The molecule has 1 saturated carbocycles. The Kier molecular flexibility index (Phi) is 6.92. The first-order valence-corrected chi connectivity index (χ1v) is 13.0. The summed E-state index contributed by atoms with van der Waals surface area (Å²) in [5, 5.41) is 0. The van der Waals surface area contributed by atoms with Gasteiger partial charge in [0.05, 0.1) is 12.9 Å². The van der Waals surface area contributed by atoms with Crippen LogP contribution in [0.1, 0.15) is 66.5 Å². The Hall–Kier alpha value is -2.34. The normalized spacial score (nSPS) is 31.2. The summed E-state index contributed by atoms with van der Waals surface area (Å²) in [6.45, 7) is 11.3. The van der Waals surface area contributed by atoms with E-state index in [2.05, 4.69) is 33.7 Å². The molecule has 3 aliphatic rings. The van der Waals surface area contributed by atoms with E-state index in [-0.39, 0.29) is 24.3 Å². The fourth-order valence-electron chi connectivity index (χ4n) is 5.84. The highest BCUT2D eigenvalue weighted by molar-refractivity contribution is 5.81. The number of anilines is 1. The first kappa shape index (κ1) is 25.3. The monoisotopic (exact) mass is 502 g/mol. The molecule has 2 aliphatic heterocycles. The van der Waals surface area contributed by atoms with Crippen molar-refractivity contribution < 1.29 is 23.7 Å². The van der Waals surface area contributed by atoms with Crippen LogP contribution >= 0.6 is 0 Å². The molecular weight excluding hydrogens is 464 g/mol. The maximum atomic E-state index is 11.7. The average molecular weight is 503 g/mol. The fraction of sp³-hybridized carbons (Fsp3) is 0.760. The van der Waals surface area contributed by atoms with Gasteiger partial charge in [-0.2, -0.15) is 0 Å². The van der Waals surface area contributed by atoms with Gasteiger partial charge in [-0.25, -0.2) is 15.0 Å². The Morgan fingerprint density at radius 3 is 2.72 bits per heavy atom. The van der Waals surface area contributed by atoms with Crippen molar-refractivity contribution in [3.63, 3.8) is 0 Å². The third kappa shape index (κ3) is 4.81.